The van der Waals surface area contributed by atoms with E-state index < -0.39 is 11.2 Å². The quantitative estimate of drug-likeness (QED) is 0.639. The fourth-order valence-electron chi connectivity index (χ4n) is 2.48. The summed E-state index contributed by atoms with van der Waals surface area (Å²) < 4.78 is 1.87. The van der Waals surface area contributed by atoms with E-state index in [1.807, 2.05) is 35.8 Å². The van der Waals surface area contributed by atoms with Crippen LogP contribution in [0, 0.1) is 6.92 Å². The molecule has 1 heterocycles. The number of amides is 2. The smallest absolute Gasteiger partial charge is 0.248 e. The molecular weight excluding hydrogens is 362 g/mol. The SMILES string of the molecule is Cc1ccccc1-n1cnnc1S[C@H](C)C(=O)Nc1ccc(C(N)=O)cc1. The molecule has 8 heteroatoms. The van der Waals surface area contributed by atoms with E-state index >= 15 is 0 Å². The normalized spacial score (nSPS) is 11.8. The van der Waals surface area contributed by atoms with E-state index in [9.17, 15) is 9.59 Å². The minimum atomic E-state index is -0.507. The van der Waals surface area contributed by atoms with E-state index in [1.165, 1.54) is 11.8 Å². The third-order valence-electron chi connectivity index (χ3n) is 3.98. The molecule has 0 aliphatic carbocycles. The molecule has 0 aliphatic rings. The maximum Gasteiger partial charge on any atom is 0.248 e. The van der Waals surface area contributed by atoms with Crippen molar-refractivity contribution in [3.63, 3.8) is 0 Å². The molecule has 1 aromatic heterocycles. The van der Waals surface area contributed by atoms with Gasteiger partial charge in [-0.1, -0.05) is 30.0 Å². The van der Waals surface area contributed by atoms with Crippen LogP contribution in [0.2, 0.25) is 0 Å². The number of hydrogen-bond donors (Lipinski definition) is 2. The number of aromatic nitrogens is 3. The molecule has 0 unspecified atom stereocenters. The van der Waals surface area contributed by atoms with Crippen molar-refractivity contribution in [2.24, 2.45) is 5.73 Å². The van der Waals surface area contributed by atoms with Gasteiger partial charge in [-0.05, 0) is 49.7 Å². The van der Waals surface area contributed by atoms with Crippen molar-refractivity contribution in [3.05, 3.63) is 66.0 Å². The summed E-state index contributed by atoms with van der Waals surface area (Å²) in [5.74, 6) is -0.682. The Morgan fingerprint density at radius 3 is 2.52 bits per heavy atom. The van der Waals surface area contributed by atoms with Gasteiger partial charge >= 0.3 is 0 Å². The number of carbonyl (C=O) groups excluding carboxylic acids is 2. The number of thioether (sulfide) groups is 1. The van der Waals surface area contributed by atoms with Gasteiger partial charge in [0.25, 0.3) is 0 Å². The van der Waals surface area contributed by atoms with E-state index in [1.54, 1.807) is 37.5 Å². The number of aryl methyl sites for hydroxylation is 1. The second-order valence-corrected chi connectivity index (χ2v) is 7.27. The Morgan fingerprint density at radius 2 is 1.85 bits per heavy atom. The van der Waals surface area contributed by atoms with Crippen LogP contribution in [0.25, 0.3) is 5.69 Å². The fraction of sp³-hybridized carbons (Fsp3) is 0.158. The molecule has 3 rings (SSSR count). The van der Waals surface area contributed by atoms with Crippen molar-refractivity contribution in [2.45, 2.75) is 24.3 Å². The number of carbonyl (C=O) groups is 2. The number of nitrogens with two attached hydrogens (primary N) is 1. The average molecular weight is 381 g/mol. The second kappa shape index (κ2) is 8.05. The Bertz CT molecular complexity index is 968. The van der Waals surface area contributed by atoms with Gasteiger partial charge in [-0.2, -0.15) is 0 Å². The molecule has 3 N–H and O–H groups in total. The first kappa shape index (κ1) is 18.7. The molecule has 1 atom stereocenters. The highest BCUT2D eigenvalue weighted by atomic mass is 32.2. The fourth-order valence-corrected chi connectivity index (χ4v) is 3.31. The first-order valence-corrected chi connectivity index (χ1v) is 9.17. The highest BCUT2D eigenvalue weighted by Gasteiger charge is 2.19. The third kappa shape index (κ3) is 4.35. The summed E-state index contributed by atoms with van der Waals surface area (Å²) in [4.78, 5) is 23.6. The lowest BCUT2D eigenvalue weighted by molar-refractivity contribution is -0.115. The Morgan fingerprint density at radius 1 is 1.15 bits per heavy atom. The molecule has 2 aromatic carbocycles. The van der Waals surface area contributed by atoms with Crippen molar-refractivity contribution in [1.29, 1.82) is 0 Å². The average Bonchev–Trinajstić information content (AvgIpc) is 3.10. The highest BCUT2D eigenvalue weighted by Crippen LogP contribution is 2.26. The molecule has 0 bridgehead atoms. The zero-order valence-electron chi connectivity index (χ0n) is 14.9. The molecule has 3 aromatic rings. The monoisotopic (exact) mass is 381 g/mol. The van der Waals surface area contributed by atoms with Gasteiger partial charge in [0.1, 0.15) is 6.33 Å². The molecule has 0 saturated carbocycles. The molecule has 0 spiro atoms. The van der Waals surface area contributed by atoms with Crippen LogP contribution >= 0.6 is 11.8 Å². The van der Waals surface area contributed by atoms with Crippen molar-refractivity contribution in [1.82, 2.24) is 14.8 Å². The minimum Gasteiger partial charge on any atom is -0.366 e. The maximum absolute atomic E-state index is 12.5. The lowest BCUT2D eigenvalue weighted by Crippen LogP contribution is -2.23. The number of hydrogen-bond acceptors (Lipinski definition) is 5. The molecule has 0 saturated heterocycles. The summed E-state index contributed by atoms with van der Waals surface area (Å²) in [5, 5.41) is 11.2. The van der Waals surface area contributed by atoms with Gasteiger partial charge in [0, 0.05) is 11.3 Å². The lowest BCUT2D eigenvalue weighted by atomic mass is 10.2. The number of anilines is 1. The number of nitrogens with one attached hydrogen (secondary N) is 1. The van der Waals surface area contributed by atoms with Gasteiger partial charge < -0.3 is 11.1 Å². The van der Waals surface area contributed by atoms with Crippen molar-refractivity contribution < 1.29 is 9.59 Å². The van der Waals surface area contributed by atoms with E-state index in [4.69, 9.17) is 5.73 Å². The Balaban J connectivity index is 1.70. The molecule has 0 aliphatic heterocycles. The first-order valence-electron chi connectivity index (χ1n) is 8.29. The zero-order valence-corrected chi connectivity index (χ0v) is 15.7. The van der Waals surface area contributed by atoms with Gasteiger partial charge in [-0.3, -0.25) is 14.2 Å². The summed E-state index contributed by atoms with van der Waals surface area (Å²) in [6.45, 7) is 3.81. The molecule has 27 heavy (non-hydrogen) atoms. The summed E-state index contributed by atoms with van der Waals surface area (Å²) >= 11 is 1.32. The van der Waals surface area contributed by atoms with E-state index in [2.05, 4.69) is 15.5 Å². The topological polar surface area (TPSA) is 103 Å². The number of rotatable bonds is 6. The van der Waals surface area contributed by atoms with Crippen molar-refractivity contribution >= 4 is 29.3 Å². The van der Waals surface area contributed by atoms with Gasteiger partial charge in [-0.25, -0.2) is 0 Å². The van der Waals surface area contributed by atoms with Crippen LogP contribution in [0.4, 0.5) is 5.69 Å². The lowest BCUT2D eigenvalue weighted by Gasteiger charge is -2.13. The van der Waals surface area contributed by atoms with Crippen LogP contribution in [0.1, 0.15) is 22.8 Å². The largest absolute Gasteiger partial charge is 0.366 e. The van der Waals surface area contributed by atoms with Gasteiger partial charge in [0.05, 0.1) is 10.9 Å². The minimum absolute atomic E-state index is 0.175. The summed E-state index contributed by atoms with van der Waals surface area (Å²) in [7, 11) is 0. The molecule has 138 valence electrons. The van der Waals surface area contributed by atoms with Crippen LogP contribution in [-0.2, 0) is 4.79 Å². The molecule has 2 amide bonds. The number of para-hydroxylation sites is 1. The Hall–Kier alpha value is -3.13. The van der Waals surface area contributed by atoms with Crippen molar-refractivity contribution in [2.75, 3.05) is 5.32 Å². The van der Waals surface area contributed by atoms with E-state index in [0.717, 1.165) is 11.3 Å². The van der Waals surface area contributed by atoms with Crippen LogP contribution in [0.3, 0.4) is 0 Å². The zero-order chi connectivity index (χ0) is 19.4. The van der Waals surface area contributed by atoms with Gasteiger partial charge in [-0.15, -0.1) is 10.2 Å². The highest BCUT2D eigenvalue weighted by molar-refractivity contribution is 8.00. The number of primary amides is 1. The van der Waals surface area contributed by atoms with Crippen LogP contribution < -0.4 is 11.1 Å². The molecule has 7 nitrogen and oxygen atoms in total. The Labute approximate surface area is 161 Å². The Kier molecular flexibility index (Phi) is 5.56. The van der Waals surface area contributed by atoms with Crippen LogP contribution in [0.5, 0.6) is 0 Å². The predicted octanol–water partition coefficient (Wildman–Crippen LogP) is 2.79. The van der Waals surface area contributed by atoms with Crippen LogP contribution in [0.15, 0.2) is 60.0 Å². The molecular formula is C19H19N5O2S. The van der Waals surface area contributed by atoms with Gasteiger partial charge in [0.15, 0.2) is 5.16 Å². The maximum atomic E-state index is 12.5. The summed E-state index contributed by atoms with van der Waals surface area (Å²) in [6, 6.07) is 14.3. The number of benzene rings is 2. The summed E-state index contributed by atoms with van der Waals surface area (Å²) in [5.41, 5.74) is 8.26. The first-order chi connectivity index (χ1) is 13.0. The van der Waals surface area contributed by atoms with Crippen molar-refractivity contribution in [3.8, 4) is 5.69 Å². The van der Waals surface area contributed by atoms with Gasteiger partial charge in [0.2, 0.25) is 11.8 Å². The van der Waals surface area contributed by atoms with E-state index in [-0.39, 0.29) is 5.91 Å². The molecule has 0 fully saturated rings. The third-order valence-corrected chi connectivity index (χ3v) is 5.04. The second-order valence-electron chi connectivity index (χ2n) is 5.96. The molecule has 0 radical (unpaired) electrons. The van der Waals surface area contributed by atoms with E-state index in [0.29, 0.717) is 16.4 Å². The summed E-state index contributed by atoms with van der Waals surface area (Å²) in [6.07, 6.45) is 1.64. The van der Waals surface area contributed by atoms with Crippen LogP contribution in [-0.4, -0.2) is 31.8 Å². The predicted molar refractivity (Wildman–Crippen MR) is 105 cm³/mol. The standard InChI is InChI=1S/C19H19N5O2S/c1-12-5-3-4-6-16(12)24-11-21-23-19(24)27-13(2)18(26)22-15-9-7-14(8-10-15)17(20)25/h3-11,13H,1-2H3,(H2,20,25)(H,22,26)/t13-/m1/s1. The number of nitrogens with zero attached hydrogens (tertiary/aromatic N) is 3.